The number of hydrogen-bond acceptors (Lipinski definition) is 3. The summed E-state index contributed by atoms with van der Waals surface area (Å²) in [6.07, 6.45) is 16.5. The Morgan fingerprint density at radius 3 is 2.58 bits per heavy atom. The van der Waals surface area contributed by atoms with Gasteiger partial charge < -0.3 is 14.6 Å². The number of benzene rings is 1. The molecule has 31 heavy (non-hydrogen) atoms. The number of nitrogens with one attached hydrogen (secondary N) is 1. The summed E-state index contributed by atoms with van der Waals surface area (Å²) >= 11 is 0. The van der Waals surface area contributed by atoms with E-state index in [1.165, 1.54) is 77.3 Å². The molecule has 2 aromatic rings. The summed E-state index contributed by atoms with van der Waals surface area (Å²) in [5, 5.41) is 1.04. The topological polar surface area (TPSA) is 45.3 Å². The van der Waals surface area contributed by atoms with E-state index in [2.05, 4.69) is 16.0 Å². The third kappa shape index (κ3) is 6.35. The summed E-state index contributed by atoms with van der Waals surface area (Å²) in [4.78, 5) is 18.5. The van der Waals surface area contributed by atoms with Crippen LogP contribution < -0.4 is 10.3 Å². The summed E-state index contributed by atoms with van der Waals surface area (Å²) in [7, 11) is 0. The second-order valence-electron chi connectivity index (χ2n) is 9.66. The van der Waals surface area contributed by atoms with Gasteiger partial charge in [0.15, 0.2) is 0 Å². The van der Waals surface area contributed by atoms with Crippen molar-refractivity contribution in [2.24, 2.45) is 5.92 Å². The minimum Gasteiger partial charge on any atom is -0.492 e. The van der Waals surface area contributed by atoms with Gasteiger partial charge in [0.2, 0.25) is 0 Å². The highest BCUT2D eigenvalue weighted by Gasteiger charge is 2.16. The Balaban J connectivity index is 1.35. The maximum Gasteiger partial charge on any atom is 0.255 e. The van der Waals surface area contributed by atoms with Gasteiger partial charge in [0, 0.05) is 11.9 Å². The van der Waals surface area contributed by atoms with E-state index >= 15 is 0 Å². The SMILES string of the molecule is O=c1[nH]c2ccccc2c(OCCCN2CCCCC2)c1CCCCCC1CCCC1. The lowest BCUT2D eigenvalue weighted by atomic mass is 9.98. The van der Waals surface area contributed by atoms with Gasteiger partial charge in [-0.15, -0.1) is 0 Å². The lowest BCUT2D eigenvalue weighted by Gasteiger charge is -2.26. The molecular formula is C27H40N2O2. The van der Waals surface area contributed by atoms with Crippen LogP contribution in [-0.2, 0) is 6.42 Å². The van der Waals surface area contributed by atoms with Crippen molar-refractivity contribution in [3.63, 3.8) is 0 Å². The number of ether oxygens (including phenoxy) is 1. The molecule has 0 radical (unpaired) electrons. The van der Waals surface area contributed by atoms with Gasteiger partial charge in [-0.1, -0.05) is 63.5 Å². The first-order valence-corrected chi connectivity index (χ1v) is 12.8. The molecule has 0 spiro atoms. The minimum absolute atomic E-state index is 0.0283. The molecule has 170 valence electrons. The van der Waals surface area contributed by atoms with Crippen LogP contribution in [0.25, 0.3) is 10.9 Å². The van der Waals surface area contributed by atoms with E-state index < -0.39 is 0 Å². The van der Waals surface area contributed by atoms with E-state index in [0.29, 0.717) is 6.61 Å². The van der Waals surface area contributed by atoms with Crippen LogP contribution in [0.15, 0.2) is 29.1 Å². The lowest BCUT2D eigenvalue weighted by molar-refractivity contribution is 0.205. The van der Waals surface area contributed by atoms with E-state index in [1.807, 2.05) is 18.2 Å². The van der Waals surface area contributed by atoms with Crippen molar-refractivity contribution in [3.05, 3.63) is 40.2 Å². The normalized spacial score (nSPS) is 18.1. The fourth-order valence-corrected chi connectivity index (χ4v) is 5.50. The molecule has 2 heterocycles. The standard InChI is InChI=1S/C27H40N2O2/c30-27-24(16-4-1-3-12-22-13-5-6-14-22)26(23-15-7-8-17-25(23)28-27)31-21-11-20-29-18-9-2-10-19-29/h7-8,15,17,22H,1-6,9-14,16,18-21H2,(H,28,30). The van der Waals surface area contributed by atoms with Crippen molar-refractivity contribution >= 4 is 10.9 Å². The van der Waals surface area contributed by atoms with Gasteiger partial charge in [0.25, 0.3) is 5.56 Å². The number of para-hydroxylation sites is 1. The number of hydrogen-bond donors (Lipinski definition) is 1. The van der Waals surface area contributed by atoms with Crippen molar-refractivity contribution in [1.29, 1.82) is 0 Å². The summed E-state index contributed by atoms with van der Waals surface area (Å²) in [6, 6.07) is 8.06. The zero-order valence-corrected chi connectivity index (χ0v) is 19.2. The number of piperidine rings is 1. The number of rotatable bonds is 11. The lowest BCUT2D eigenvalue weighted by Crippen LogP contribution is -2.31. The number of aromatic amines is 1. The van der Waals surface area contributed by atoms with Crippen LogP contribution in [-0.4, -0.2) is 36.1 Å². The molecule has 2 fully saturated rings. The molecule has 1 aliphatic carbocycles. The molecule has 1 aromatic heterocycles. The van der Waals surface area contributed by atoms with Crippen LogP contribution in [0.3, 0.4) is 0 Å². The Kier molecular flexibility index (Phi) is 8.46. The average Bonchev–Trinajstić information content (AvgIpc) is 3.32. The summed E-state index contributed by atoms with van der Waals surface area (Å²) in [6.45, 7) is 4.22. The maximum absolute atomic E-state index is 12.9. The average molecular weight is 425 g/mol. The Morgan fingerprint density at radius 1 is 0.935 bits per heavy atom. The maximum atomic E-state index is 12.9. The highest BCUT2D eigenvalue weighted by molar-refractivity contribution is 5.86. The number of nitrogens with zero attached hydrogens (tertiary/aromatic N) is 1. The number of H-pyrrole nitrogens is 1. The zero-order valence-electron chi connectivity index (χ0n) is 19.2. The molecule has 0 unspecified atom stereocenters. The van der Waals surface area contributed by atoms with E-state index in [1.54, 1.807) is 0 Å². The molecule has 1 saturated heterocycles. The fraction of sp³-hybridized carbons (Fsp3) is 0.667. The highest BCUT2D eigenvalue weighted by Crippen LogP contribution is 2.30. The predicted octanol–water partition coefficient (Wildman–Crippen LogP) is 6.08. The monoisotopic (exact) mass is 424 g/mol. The van der Waals surface area contributed by atoms with E-state index in [0.717, 1.165) is 53.9 Å². The molecule has 0 amide bonds. The van der Waals surface area contributed by atoms with Gasteiger partial charge in [-0.3, -0.25) is 4.79 Å². The highest BCUT2D eigenvalue weighted by atomic mass is 16.5. The van der Waals surface area contributed by atoms with Gasteiger partial charge in [-0.2, -0.15) is 0 Å². The number of pyridine rings is 1. The fourth-order valence-electron chi connectivity index (χ4n) is 5.50. The van der Waals surface area contributed by atoms with Crippen molar-refractivity contribution in [2.45, 2.75) is 83.5 Å². The first-order valence-electron chi connectivity index (χ1n) is 12.8. The molecule has 1 saturated carbocycles. The molecule has 2 aliphatic rings. The second-order valence-corrected chi connectivity index (χ2v) is 9.66. The molecular weight excluding hydrogens is 384 g/mol. The van der Waals surface area contributed by atoms with Gasteiger partial charge in [0.1, 0.15) is 5.75 Å². The first kappa shape index (κ1) is 22.4. The second kappa shape index (κ2) is 11.7. The summed E-state index contributed by atoms with van der Waals surface area (Å²) in [5.74, 6) is 1.79. The number of fused-ring (bicyclic) bond motifs is 1. The molecule has 1 N–H and O–H groups in total. The Morgan fingerprint density at radius 2 is 1.74 bits per heavy atom. The third-order valence-electron chi connectivity index (χ3n) is 7.30. The molecule has 4 nitrogen and oxygen atoms in total. The number of likely N-dealkylation sites (tertiary alicyclic amines) is 1. The first-order chi connectivity index (χ1) is 15.3. The third-order valence-corrected chi connectivity index (χ3v) is 7.30. The largest absolute Gasteiger partial charge is 0.492 e. The molecule has 0 atom stereocenters. The van der Waals surface area contributed by atoms with E-state index in [-0.39, 0.29) is 5.56 Å². The van der Waals surface area contributed by atoms with Crippen molar-refractivity contribution in [1.82, 2.24) is 9.88 Å². The van der Waals surface area contributed by atoms with Crippen molar-refractivity contribution in [3.8, 4) is 5.75 Å². The van der Waals surface area contributed by atoms with Gasteiger partial charge >= 0.3 is 0 Å². The Labute approximate surface area is 187 Å². The minimum atomic E-state index is 0.0283. The van der Waals surface area contributed by atoms with Crippen LogP contribution in [0.1, 0.15) is 82.6 Å². The Bertz CT molecular complexity index is 863. The van der Waals surface area contributed by atoms with E-state index in [4.69, 9.17) is 4.74 Å². The van der Waals surface area contributed by atoms with Crippen molar-refractivity contribution < 1.29 is 4.74 Å². The smallest absolute Gasteiger partial charge is 0.255 e. The number of unbranched alkanes of at least 4 members (excludes halogenated alkanes) is 2. The van der Waals surface area contributed by atoms with Crippen LogP contribution >= 0.6 is 0 Å². The van der Waals surface area contributed by atoms with Crippen molar-refractivity contribution in [2.75, 3.05) is 26.2 Å². The van der Waals surface area contributed by atoms with Crippen LogP contribution in [0.2, 0.25) is 0 Å². The summed E-state index contributed by atoms with van der Waals surface area (Å²) in [5.41, 5.74) is 1.75. The Hall–Kier alpha value is -1.81. The zero-order chi connectivity index (χ0) is 21.3. The van der Waals surface area contributed by atoms with E-state index in [9.17, 15) is 4.79 Å². The summed E-state index contributed by atoms with van der Waals surface area (Å²) < 4.78 is 6.31. The van der Waals surface area contributed by atoms with Crippen LogP contribution in [0.4, 0.5) is 0 Å². The molecule has 1 aliphatic heterocycles. The molecule has 4 heteroatoms. The van der Waals surface area contributed by atoms with Gasteiger partial charge in [0.05, 0.1) is 17.7 Å². The predicted molar refractivity (Wildman–Crippen MR) is 129 cm³/mol. The van der Waals surface area contributed by atoms with Gasteiger partial charge in [-0.25, -0.2) is 0 Å². The quantitative estimate of drug-likeness (QED) is 0.445. The number of aromatic nitrogens is 1. The van der Waals surface area contributed by atoms with Crippen LogP contribution in [0.5, 0.6) is 5.75 Å². The molecule has 1 aromatic carbocycles. The molecule has 4 rings (SSSR count). The van der Waals surface area contributed by atoms with Gasteiger partial charge in [-0.05, 0) is 63.2 Å². The molecule has 0 bridgehead atoms. The van der Waals surface area contributed by atoms with Crippen LogP contribution in [0, 0.1) is 5.92 Å².